The summed E-state index contributed by atoms with van der Waals surface area (Å²) in [6.07, 6.45) is 7.72. The van der Waals surface area contributed by atoms with Crippen LogP contribution in [0.5, 0.6) is 0 Å². The Hall–Kier alpha value is -5.89. The minimum Gasteiger partial charge on any atom is -1.00 e. The Labute approximate surface area is 287 Å². The van der Waals surface area contributed by atoms with E-state index in [0.717, 1.165) is 36.6 Å². The number of anilines is 1. The lowest BCUT2D eigenvalue weighted by molar-refractivity contribution is -0.693. The molecule has 1 heterocycles. The molecule has 0 bridgehead atoms. The number of non-ortho nitro benzene ring substituents is 2. The molecule has 244 valence electrons. The molecule has 48 heavy (non-hydrogen) atoms. The monoisotopic (exact) mass is 709 g/mol. The molecule has 13 nitrogen and oxygen atoms in total. The summed E-state index contributed by atoms with van der Waals surface area (Å²) in [5.41, 5.74) is 4.71. The fourth-order valence-corrected chi connectivity index (χ4v) is 4.73. The number of nitrogens with zero attached hydrogens (tertiary/aromatic N) is 9. The van der Waals surface area contributed by atoms with Gasteiger partial charge in [-0.05, 0) is 73.2 Å². The van der Waals surface area contributed by atoms with Gasteiger partial charge in [-0.3, -0.25) is 20.2 Å². The Morgan fingerprint density at radius 1 is 0.812 bits per heavy atom. The lowest BCUT2D eigenvalue weighted by Gasteiger charge is -2.22. The summed E-state index contributed by atoms with van der Waals surface area (Å²) in [6.45, 7) is 4.82. The summed E-state index contributed by atoms with van der Waals surface area (Å²) >= 11 is 0. The van der Waals surface area contributed by atoms with E-state index in [1.165, 1.54) is 24.3 Å². The van der Waals surface area contributed by atoms with Crippen LogP contribution in [0, 0.1) is 20.2 Å². The van der Waals surface area contributed by atoms with E-state index in [0.29, 0.717) is 22.5 Å². The Morgan fingerprint density at radius 3 is 1.79 bits per heavy atom. The summed E-state index contributed by atoms with van der Waals surface area (Å²) in [6, 6.07) is 27.0. The van der Waals surface area contributed by atoms with Crippen LogP contribution in [0.2, 0.25) is 0 Å². The predicted octanol–water partition coefficient (Wildman–Crippen LogP) is 3.95. The summed E-state index contributed by atoms with van der Waals surface area (Å²) in [4.78, 5) is 23.5. The number of imidazole rings is 1. The third-order valence-corrected chi connectivity index (χ3v) is 7.29. The summed E-state index contributed by atoms with van der Waals surface area (Å²) in [5, 5.41) is 39.5. The maximum absolute atomic E-state index is 11.1. The van der Waals surface area contributed by atoms with Crippen molar-refractivity contribution in [1.29, 1.82) is 0 Å². The quantitative estimate of drug-likeness (QED) is 0.0597. The van der Waals surface area contributed by atoms with Gasteiger partial charge in [-0.2, -0.15) is 15.3 Å². The van der Waals surface area contributed by atoms with Gasteiger partial charge in [0.1, 0.15) is 24.7 Å². The molecule has 0 atom stereocenters. The average Bonchev–Trinajstić information content (AvgIpc) is 3.52. The van der Waals surface area contributed by atoms with Crippen LogP contribution in [0.3, 0.4) is 0 Å². The molecular weight excluding hydrogens is 678 g/mol. The fraction of sp³-hybridized carbons (Fsp3) is 0.147. The molecule has 5 rings (SSSR count). The zero-order valence-corrected chi connectivity index (χ0v) is 27.8. The summed E-state index contributed by atoms with van der Waals surface area (Å²) in [5.74, 6) is 0. The molecule has 0 spiro atoms. The Bertz CT molecular complexity index is 1860. The molecule has 0 radical (unpaired) electrons. The minimum atomic E-state index is -0.488. The third kappa shape index (κ3) is 9.33. The van der Waals surface area contributed by atoms with Crippen LogP contribution in [0.25, 0.3) is 0 Å². The first-order chi connectivity index (χ1) is 22.8. The van der Waals surface area contributed by atoms with Crippen LogP contribution in [0.4, 0.5) is 28.4 Å². The number of hydrogen-bond acceptors (Lipinski definition) is 9. The molecule has 0 amide bonds. The normalized spacial score (nSPS) is 11.0. The summed E-state index contributed by atoms with van der Waals surface area (Å²) < 4.78 is 4.19. The molecule has 0 saturated heterocycles. The van der Waals surface area contributed by atoms with Crippen molar-refractivity contribution >= 4 is 40.4 Å². The first kappa shape index (κ1) is 35.0. The van der Waals surface area contributed by atoms with E-state index >= 15 is 0 Å². The van der Waals surface area contributed by atoms with Crippen LogP contribution in [-0.2, 0) is 13.6 Å². The van der Waals surface area contributed by atoms with Gasteiger partial charge in [-0.25, -0.2) is 9.13 Å². The molecule has 0 aliphatic carbocycles. The van der Waals surface area contributed by atoms with E-state index in [1.807, 2.05) is 54.2 Å². The van der Waals surface area contributed by atoms with Crippen LogP contribution in [0.1, 0.15) is 23.6 Å². The Balaban J connectivity index is 0.00000520. The van der Waals surface area contributed by atoms with Gasteiger partial charge >= 0.3 is 0 Å². The number of halogens is 1. The Morgan fingerprint density at radius 2 is 1.33 bits per heavy atom. The van der Waals surface area contributed by atoms with Gasteiger partial charge in [0.15, 0.2) is 0 Å². The van der Waals surface area contributed by atoms with Crippen LogP contribution in [-0.4, -0.2) is 39.4 Å². The molecule has 14 heteroatoms. The average molecular weight is 711 g/mol. The number of nitro groups is 2. The highest BCUT2D eigenvalue weighted by atomic mass is 79.9. The number of aromatic nitrogens is 2. The van der Waals surface area contributed by atoms with Gasteiger partial charge in [0, 0.05) is 47.6 Å². The van der Waals surface area contributed by atoms with Crippen molar-refractivity contribution in [1.82, 2.24) is 4.57 Å². The number of hydrogen-bond donors (Lipinski definition) is 0. The smallest absolute Gasteiger partial charge is 0.269 e. The van der Waals surface area contributed by atoms with Crippen LogP contribution >= 0.6 is 0 Å². The number of nitro benzene ring substituents is 2. The minimum absolute atomic E-state index is 0. The van der Waals surface area contributed by atoms with Gasteiger partial charge in [0.25, 0.3) is 11.4 Å². The van der Waals surface area contributed by atoms with Gasteiger partial charge in [-0.1, -0.05) is 12.1 Å². The molecule has 0 aliphatic rings. The highest BCUT2D eigenvalue weighted by Gasteiger charge is 2.13. The summed E-state index contributed by atoms with van der Waals surface area (Å²) in [7, 11) is 2.01. The molecule has 0 fully saturated rings. The Kier molecular flexibility index (Phi) is 12.1. The first-order valence-corrected chi connectivity index (χ1v) is 14.8. The van der Waals surface area contributed by atoms with Crippen molar-refractivity contribution < 1.29 is 31.4 Å². The highest BCUT2D eigenvalue weighted by Crippen LogP contribution is 2.23. The molecule has 4 aromatic carbocycles. The maximum Gasteiger partial charge on any atom is 0.269 e. The van der Waals surface area contributed by atoms with Gasteiger partial charge < -0.3 is 21.9 Å². The topological polar surface area (TPSA) is 148 Å². The lowest BCUT2D eigenvalue weighted by atomic mass is 10.0. The predicted molar refractivity (Wildman–Crippen MR) is 180 cm³/mol. The van der Waals surface area contributed by atoms with Crippen molar-refractivity contribution in [2.24, 2.45) is 27.5 Å². The lowest BCUT2D eigenvalue weighted by Crippen LogP contribution is -3.00. The van der Waals surface area contributed by atoms with Crippen molar-refractivity contribution in [3.63, 3.8) is 0 Å². The number of benzene rings is 4. The van der Waals surface area contributed by atoms with E-state index in [1.54, 1.807) is 30.5 Å². The number of rotatable bonds is 13. The standard InChI is InChI=1S/C34H32N9O4.BrH/c1-3-41(23-22-40-21-20-39(2)25-40)31-18-12-30(13-19-31)37-36-29-10-4-26(5-11-29)24-35-38-34(27-6-14-32(15-7-27)42(44)45)28-8-16-33(17-9-28)43(46)47;/h4-21,24-25H,3,22-23H2,1-2H3;1H/q+1;/p-1/b35-24+,37-36?;. The molecule has 1 aromatic heterocycles. The largest absolute Gasteiger partial charge is 1.00 e. The SMILES string of the molecule is CCN(CC[n+]1ccn(C)c1)c1ccc(N=Nc2ccc(/C=N/N=C(c3ccc([N+](=O)[O-])cc3)c3ccc([N+](=O)[O-])cc3)cc2)cc1.[Br-]. The zero-order chi connectivity index (χ0) is 33.2. The first-order valence-electron chi connectivity index (χ1n) is 14.8. The number of likely N-dealkylation sites (N-methyl/N-ethyl adjacent to an activating group) is 1. The van der Waals surface area contributed by atoms with Crippen molar-refractivity contribution in [2.75, 3.05) is 18.0 Å². The molecule has 0 aliphatic heterocycles. The van der Waals surface area contributed by atoms with Crippen molar-refractivity contribution in [3.05, 3.63) is 153 Å². The fourth-order valence-electron chi connectivity index (χ4n) is 4.73. The highest BCUT2D eigenvalue weighted by molar-refractivity contribution is 6.13. The van der Waals surface area contributed by atoms with Gasteiger partial charge in [-0.15, -0.1) is 5.10 Å². The van der Waals surface area contributed by atoms with E-state index in [9.17, 15) is 20.2 Å². The van der Waals surface area contributed by atoms with Crippen LogP contribution in [0.15, 0.2) is 136 Å². The molecule has 0 N–H and O–H groups in total. The molecule has 0 saturated carbocycles. The number of azo groups is 1. The number of aryl methyl sites for hydroxylation is 1. The molecule has 5 aromatic rings. The third-order valence-electron chi connectivity index (χ3n) is 7.29. The second-order valence-corrected chi connectivity index (χ2v) is 10.5. The second-order valence-electron chi connectivity index (χ2n) is 10.5. The molecule has 0 unspecified atom stereocenters. The van der Waals surface area contributed by atoms with E-state index in [2.05, 4.69) is 61.5 Å². The van der Waals surface area contributed by atoms with Crippen molar-refractivity contribution in [3.8, 4) is 0 Å². The van der Waals surface area contributed by atoms with Gasteiger partial charge in [0.2, 0.25) is 6.33 Å². The van der Waals surface area contributed by atoms with Crippen LogP contribution < -0.4 is 26.4 Å². The van der Waals surface area contributed by atoms with E-state index in [-0.39, 0.29) is 28.4 Å². The maximum atomic E-state index is 11.1. The van der Waals surface area contributed by atoms with E-state index < -0.39 is 9.85 Å². The zero-order valence-electron chi connectivity index (χ0n) is 26.2. The van der Waals surface area contributed by atoms with Crippen molar-refractivity contribution in [2.45, 2.75) is 13.5 Å². The van der Waals surface area contributed by atoms with Gasteiger partial charge in [0.05, 0.1) is 41.0 Å². The molecular formula is C34H32BrN9O4. The van der Waals surface area contributed by atoms with E-state index in [4.69, 9.17) is 0 Å². The second kappa shape index (κ2) is 16.6.